The van der Waals surface area contributed by atoms with E-state index in [2.05, 4.69) is 9.62 Å². The van der Waals surface area contributed by atoms with Gasteiger partial charge in [0.1, 0.15) is 5.75 Å². The molecule has 0 radical (unpaired) electrons. The molecule has 2 rings (SSSR count). The molecule has 3 N–H and O–H groups in total. The summed E-state index contributed by atoms with van der Waals surface area (Å²) < 4.78 is 29.9. The highest BCUT2D eigenvalue weighted by molar-refractivity contribution is 7.87. The molecule has 1 fully saturated rings. The summed E-state index contributed by atoms with van der Waals surface area (Å²) in [5, 5.41) is 5.06. The number of rotatable bonds is 6. The number of nitrogens with one attached hydrogen (secondary N) is 1. The molecule has 0 unspecified atom stereocenters. The van der Waals surface area contributed by atoms with E-state index in [4.69, 9.17) is 9.88 Å². The molecule has 6 nitrogen and oxygen atoms in total. The summed E-state index contributed by atoms with van der Waals surface area (Å²) in [4.78, 5) is 2.31. The lowest BCUT2D eigenvalue weighted by Crippen LogP contribution is -2.42. The van der Waals surface area contributed by atoms with Crippen LogP contribution in [0, 0.1) is 0 Å². The van der Waals surface area contributed by atoms with E-state index < -0.39 is 10.2 Å². The fourth-order valence-electron chi connectivity index (χ4n) is 2.71. The Morgan fingerprint density at radius 2 is 1.86 bits per heavy atom. The van der Waals surface area contributed by atoms with E-state index in [-0.39, 0.29) is 12.6 Å². The minimum absolute atomic E-state index is 0.00506. The molecule has 118 valence electrons. The molecule has 1 heterocycles. The summed E-state index contributed by atoms with van der Waals surface area (Å²) in [5.41, 5.74) is 1.06. The van der Waals surface area contributed by atoms with Crippen LogP contribution in [0.3, 0.4) is 0 Å². The number of piperidine rings is 1. The fraction of sp³-hybridized carbons (Fsp3) is 0.571. The van der Waals surface area contributed by atoms with Crippen molar-refractivity contribution < 1.29 is 13.2 Å². The van der Waals surface area contributed by atoms with Crippen molar-refractivity contribution in [1.82, 2.24) is 9.62 Å². The average Bonchev–Trinajstić information content (AvgIpc) is 2.48. The van der Waals surface area contributed by atoms with Crippen LogP contribution in [0.25, 0.3) is 0 Å². The fourth-order valence-corrected chi connectivity index (χ4v) is 3.10. The monoisotopic (exact) mass is 313 g/mol. The predicted molar refractivity (Wildman–Crippen MR) is 82.3 cm³/mol. The molecule has 1 aromatic rings. The van der Waals surface area contributed by atoms with Gasteiger partial charge in [-0.2, -0.15) is 8.42 Å². The van der Waals surface area contributed by atoms with Gasteiger partial charge >= 0.3 is 0 Å². The first-order chi connectivity index (χ1) is 9.99. The Bertz CT molecular complexity index is 539. The van der Waals surface area contributed by atoms with Crippen LogP contribution in [0.4, 0.5) is 0 Å². The van der Waals surface area contributed by atoms with Crippen molar-refractivity contribution in [3.63, 3.8) is 0 Å². The number of hydrogen-bond donors (Lipinski definition) is 2. The second-order valence-corrected chi connectivity index (χ2v) is 6.66. The lowest BCUT2D eigenvalue weighted by molar-refractivity contribution is 0.164. The zero-order valence-corrected chi connectivity index (χ0v) is 13.1. The Labute approximate surface area is 126 Å². The van der Waals surface area contributed by atoms with Crippen molar-refractivity contribution in [1.29, 1.82) is 0 Å². The van der Waals surface area contributed by atoms with Gasteiger partial charge in [0.05, 0.1) is 7.11 Å². The number of hydrogen-bond acceptors (Lipinski definition) is 4. The van der Waals surface area contributed by atoms with Crippen molar-refractivity contribution in [2.75, 3.05) is 26.7 Å². The normalized spacial score (nSPS) is 18.4. The van der Waals surface area contributed by atoms with Crippen LogP contribution in [-0.2, 0) is 10.2 Å². The third-order valence-electron chi connectivity index (χ3n) is 3.81. The smallest absolute Gasteiger partial charge is 0.274 e. The van der Waals surface area contributed by atoms with Gasteiger partial charge in [-0.3, -0.25) is 4.90 Å². The highest BCUT2D eigenvalue weighted by atomic mass is 32.2. The van der Waals surface area contributed by atoms with E-state index in [9.17, 15) is 8.42 Å². The summed E-state index contributed by atoms with van der Waals surface area (Å²) >= 11 is 0. The summed E-state index contributed by atoms with van der Waals surface area (Å²) in [6.45, 7) is 2.23. The molecule has 0 spiro atoms. The van der Waals surface area contributed by atoms with Gasteiger partial charge in [-0.25, -0.2) is 9.86 Å². The summed E-state index contributed by atoms with van der Waals surface area (Å²) in [5.74, 6) is 0.788. The number of methoxy groups -OCH3 is 1. The molecule has 1 saturated heterocycles. The van der Waals surface area contributed by atoms with Gasteiger partial charge in [0.25, 0.3) is 10.2 Å². The van der Waals surface area contributed by atoms with E-state index in [0.29, 0.717) is 0 Å². The Balaban J connectivity index is 2.16. The van der Waals surface area contributed by atoms with Gasteiger partial charge in [-0.15, -0.1) is 0 Å². The van der Waals surface area contributed by atoms with Gasteiger partial charge in [-0.05, 0) is 43.6 Å². The molecular formula is C14H23N3O3S. The minimum Gasteiger partial charge on any atom is -0.497 e. The van der Waals surface area contributed by atoms with Crippen LogP contribution < -0.4 is 14.6 Å². The van der Waals surface area contributed by atoms with E-state index in [1.165, 1.54) is 6.42 Å². The zero-order chi connectivity index (χ0) is 15.3. The lowest BCUT2D eigenvalue weighted by atomic mass is 10.0. The van der Waals surface area contributed by atoms with E-state index in [0.717, 1.165) is 37.2 Å². The molecule has 21 heavy (non-hydrogen) atoms. The van der Waals surface area contributed by atoms with Gasteiger partial charge in [0.2, 0.25) is 0 Å². The van der Waals surface area contributed by atoms with Crippen molar-refractivity contribution in [2.24, 2.45) is 5.14 Å². The quantitative estimate of drug-likeness (QED) is 0.821. The van der Waals surface area contributed by atoms with Crippen molar-refractivity contribution in [3.8, 4) is 5.75 Å². The SMILES string of the molecule is COc1ccc([C@@H](CNS(N)(=O)=O)N2CCCCC2)cc1. The molecular weight excluding hydrogens is 290 g/mol. The van der Waals surface area contributed by atoms with E-state index in [1.54, 1.807) is 7.11 Å². The van der Waals surface area contributed by atoms with Crippen LogP contribution >= 0.6 is 0 Å². The van der Waals surface area contributed by atoms with Crippen LogP contribution in [0.5, 0.6) is 5.75 Å². The van der Waals surface area contributed by atoms with Crippen LogP contribution in [-0.4, -0.2) is 40.1 Å². The standard InChI is InChI=1S/C14H23N3O3S/c1-20-13-7-5-12(6-8-13)14(11-16-21(15,18)19)17-9-3-2-4-10-17/h5-8,14,16H,2-4,9-11H2,1H3,(H2,15,18,19)/t14-/m1/s1. The molecule has 0 bridgehead atoms. The Morgan fingerprint density at radius 1 is 1.24 bits per heavy atom. The highest BCUT2D eigenvalue weighted by Gasteiger charge is 2.23. The van der Waals surface area contributed by atoms with Crippen LogP contribution in [0.2, 0.25) is 0 Å². The maximum absolute atomic E-state index is 11.2. The molecule has 1 aliphatic rings. The Morgan fingerprint density at radius 3 is 2.38 bits per heavy atom. The molecule has 0 saturated carbocycles. The number of benzene rings is 1. The highest BCUT2D eigenvalue weighted by Crippen LogP contribution is 2.25. The first-order valence-corrected chi connectivity index (χ1v) is 8.69. The number of ether oxygens (including phenoxy) is 1. The molecule has 0 aliphatic carbocycles. The summed E-state index contributed by atoms with van der Waals surface area (Å²) in [6, 6.07) is 7.73. The van der Waals surface area contributed by atoms with E-state index >= 15 is 0 Å². The second-order valence-electron chi connectivity index (χ2n) is 5.28. The van der Waals surface area contributed by atoms with Crippen LogP contribution in [0.15, 0.2) is 24.3 Å². The van der Waals surface area contributed by atoms with Crippen molar-refractivity contribution >= 4 is 10.2 Å². The third-order valence-corrected chi connectivity index (χ3v) is 4.38. The Kier molecular flexibility index (Phi) is 5.58. The number of likely N-dealkylation sites (tertiary alicyclic amines) is 1. The van der Waals surface area contributed by atoms with Crippen molar-refractivity contribution in [2.45, 2.75) is 25.3 Å². The average molecular weight is 313 g/mol. The lowest BCUT2D eigenvalue weighted by Gasteiger charge is -2.34. The summed E-state index contributed by atoms with van der Waals surface area (Å²) in [7, 11) is -2.06. The Hall–Kier alpha value is -1.15. The predicted octanol–water partition coefficient (Wildman–Crippen LogP) is 1.02. The van der Waals surface area contributed by atoms with Gasteiger partial charge < -0.3 is 4.74 Å². The zero-order valence-electron chi connectivity index (χ0n) is 12.3. The van der Waals surface area contributed by atoms with Gasteiger partial charge in [0, 0.05) is 12.6 Å². The molecule has 7 heteroatoms. The number of nitrogens with zero attached hydrogens (tertiary/aromatic N) is 1. The first kappa shape index (κ1) is 16.2. The maximum Gasteiger partial charge on any atom is 0.274 e. The molecule has 1 aromatic carbocycles. The van der Waals surface area contributed by atoms with Gasteiger partial charge in [0.15, 0.2) is 0 Å². The van der Waals surface area contributed by atoms with Crippen molar-refractivity contribution in [3.05, 3.63) is 29.8 Å². The summed E-state index contributed by atoms with van der Waals surface area (Å²) in [6.07, 6.45) is 3.51. The largest absolute Gasteiger partial charge is 0.497 e. The van der Waals surface area contributed by atoms with Crippen LogP contribution in [0.1, 0.15) is 30.9 Å². The molecule has 0 amide bonds. The molecule has 1 atom stereocenters. The topological polar surface area (TPSA) is 84.7 Å². The second kappa shape index (κ2) is 7.22. The molecule has 1 aliphatic heterocycles. The molecule has 0 aromatic heterocycles. The minimum atomic E-state index is -3.68. The van der Waals surface area contributed by atoms with Gasteiger partial charge in [-0.1, -0.05) is 18.6 Å². The number of nitrogens with two attached hydrogens (primary N) is 1. The third kappa shape index (κ3) is 4.96. The first-order valence-electron chi connectivity index (χ1n) is 7.15. The van der Waals surface area contributed by atoms with E-state index in [1.807, 2.05) is 24.3 Å². The maximum atomic E-state index is 11.2.